The lowest BCUT2D eigenvalue weighted by Crippen LogP contribution is -2.24. The van der Waals surface area contributed by atoms with E-state index in [2.05, 4.69) is 15.4 Å². The summed E-state index contributed by atoms with van der Waals surface area (Å²) in [6.45, 7) is 4.60. The molecule has 1 amide bonds. The predicted molar refractivity (Wildman–Crippen MR) is 89.6 cm³/mol. The smallest absolute Gasteiger partial charge is 0.251 e. The summed E-state index contributed by atoms with van der Waals surface area (Å²) in [5.74, 6) is -0.0266. The summed E-state index contributed by atoms with van der Waals surface area (Å²) in [6.07, 6.45) is 5.59. The van der Waals surface area contributed by atoms with E-state index in [-0.39, 0.29) is 5.91 Å². The van der Waals surface area contributed by atoms with Gasteiger partial charge in [0.2, 0.25) is 0 Å². The molecule has 0 saturated carbocycles. The Morgan fingerprint density at radius 1 is 1.22 bits per heavy atom. The second-order valence-electron chi connectivity index (χ2n) is 5.78. The summed E-state index contributed by atoms with van der Waals surface area (Å²) < 4.78 is 1.80. The molecule has 0 aliphatic carbocycles. The highest BCUT2D eigenvalue weighted by Gasteiger charge is 2.05. The van der Waals surface area contributed by atoms with Crippen molar-refractivity contribution in [2.45, 2.75) is 26.7 Å². The fourth-order valence-corrected chi connectivity index (χ4v) is 2.46. The minimum Gasteiger partial charge on any atom is -0.352 e. The first kappa shape index (κ1) is 15.2. The first-order valence-corrected chi connectivity index (χ1v) is 7.77. The Bertz CT molecular complexity index is 821. The molecule has 0 aliphatic heterocycles. The SMILES string of the molecule is Cc1ccc(C(=O)NCCCc2cnc3cc(C)nn3c2)cc1. The van der Waals surface area contributed by atoms with Crippen LogP contribution in [0.1, 0.15) is 33.6 Å². The van der Waals surface area contributed by atoms with Crippen molar-refractivity contribution in [1.29, 1.82) is 0 Å². The van der Waals surface area contributed by atoms with Crippen molar-refractivity contribution in [2.75, 3.05) is 6.54 Å². The van der Waals surface area contributed by atoms with E-state index in [0.717, 1.165) is 35.3 Å². The van der Waals surface area contributed by atoms with Crippen LogP contribution in [0.4, 0.5) is 0 Å². The molecule has 23 heavy (non-hydrogen) atoms. The number of hydrogen-bond donors (Lipinski definition) is 1. The Balaban J connectivity index is 1.50. The van der Waals surface area contributed by atoms with Gasteiger partial charge >= 0.3 is 0 Å². The van der Waals surface area contributed by atoms with Crippen molar-refractivity contribution >= 4 is 11.6 Å². The zero-order chi connectivity index (χ0) is 16.2. The van der Waals surface area contributed by atoms with Gasteiger partial charge in [0.15, 0.2) is 5.65 Å². The van der Waals surface area contributed by atoms with Gasteiger partial charge in [-0.05, 0) is 44.4 Å². The molecule has 0 aliphatic rings. The Hall–Kier alpha value is -2.69. The quantitative estimate of drug-likeness (QED) is 0.737. The number of rotatable bonds is 5. The van der Waals surface area contributed by atoms with Gasteiger partial charge in [-0.15, -0.1) is 0 Å². The molecule has 118 valence electrons. The van der Waals surface area contributed by atoms with Gasteiger partial charge < -0.3 is 5.32 Å². The number of carbonyl (C=O) groups is 1. The van der Waals surface area contributed by atoms with Crippen molar-refractivity contribution in [2.24, 2.45) is 0 Å². The molecule has 1 N–H and O–H groups in total. The monoisotopic (exact) mass is 308 g/mol. The normalized spacial score (nSPS) is 10.9. The van der Waals surface area contributed by atoms with Gasteiger partial charge in [0, 0.05) is 30.6 Å². The molecule has 3 rings (SSSR count). The standard InChI is InChI=1S/C18H20N4O/c1-13-5-7-16(8-6-13)18(23)19-9-3-4-15-11-20-17-10-14(2)21-22(17)12-15/h5-8,10-12H,3-4,9H2,1-2H3,(H,19,23). The van der Waals surface area contributed by atoms with Crippen LogP contribution in [-0.4, -0.2) is 27.0 Å². The fraction of sp³-hybridized carbons (Fsp3) is 0.278. The molecule has 5 nitrogen and oxygen atoms in total. The lowest BCUT2D eigenvalue weighted by Gasteiger charge is -2.06. The van der Waals surface area contributed by atoms with Crippen molar-refractivity contribution in [3.8, 4) is 0 Å². The third-order valence-electron chi connectivity index (χ3n) is 3.73. The summed E-state index contributed by atoms with van der Waals surface area (Å²) in [7, 11) is 0. The average molecular weight is 308 g/mol. The molecule has 0 bridgehead atoms. The van der Waals surface area contributed by atoms with Crippen LogP contribution in [0, 0.1) is 13.8 Å². The highest BCUT2D eigenvalue weighted by atomic mass is 16.1. The minimum atomic E-state index is -0.0266. The molecule has 5 heteroatoms. The first-order valence-electron chi connectivity index (χ1n) is 7.77. The Morgan fingerprint density at radius 2 is 2.00 bits per heavy atom. The third-order valence-corrected chi connectivity index (χ3v) is 3.73. The molecule has 0 fully saturated rings. The second-order valence-corrected chi connectivity index (χ2v) is 5.78. The highest BCUT2D eigenvalue weighted by Crippen LogP contribution is 2.07. The van der Waals surface area contributed by atoms with Crippen LogP contribution >= 0.6 is 0 Å². The number of benzene rings is 1. The molecule has 0 spiro atoms. The van der Waals surface area contributed by atoms with E-state index in [9.17, 15) is 4.79 Å². The minimum absolute atomic E-state index is 0.0266. The van der Waals surface area contributed by atoms with Crippen LogP contribution in [0.2, 0.25) is 0 Å². The van der Waals surface area contributed by atoms with Gasteiger partial charge in [0.05, 0.1) is 5.69 Å². The number of aromatic nitrogens is 3. The summed E-state index contributed by atoms with van der Waals surface area (Å²) in [5, 5.41) is 7.31. The molecule has 0 saturated heterocycles. The molecular formula is C18H20N4O. The highest BCUT2D eigenvalue weighted by molar-refractivity contribution is 5.94. The number of hydrogen-bond acceptors (Lipinski definition) is 3. The molecule has 3 aromatic rings. The van der Waals surface area contributed by atoms with Crippen molar-refractivity contribution in [3.05, 3.63) is 65.1 Å². The van der Waals surface area contributed by atoms with E-state index in [0.29, 0.717) is 12.1 Å². The van der Waals surface area contributed by atoms with Crippen molar-refractivity contribution in [3.63, 3.8) is 0 Å². The lowest BCUT2D eigenvalue weighted by molar-refractivity contribution is 0.0953. The van der Waals surface area contributed by atoms with E-state index in [1.807, 2.05) is 56.6 Å². The first-order chi connectivity index (χ1) is 11.1. The summed E-state index contributed by atoms with van der Waals surface area (Å²) in [4.78, 5) is 16.4. The topological polar surface area (TPSA) is 59.3 Å². The number of carbonyl (C=O) groups excluding carboxylic acids is 1. The van der Waals surface area contributed by atoms with Gasteiger partial charge in [-0.2, -0.15) is 5.10 Å². The maximum Gasteiger partial charge on any atom is 0.251 e. The number of aryl methyl sites for hydroxylation is 3. The third kappa shape index (κ3) is 3.74. The van der Waals surface area contributed by atoms with Crippen LogP contribution in [0.25, 0.3) is 5.65 Å². The van der Waals surface area contributed by atoms with Crippen molar-refractivity contribution in [1.82, 2.24) is 19.9 Å². The Kier molecular flexibility index (Phi) is 4.37. The predicted octanol–water partition coefficient (Wildman–Crippen LogP) is 2.71. The van der Waals surface area contributed by atoms with E-state index < -0.39 is 0 Å². The van der Waals surface area contributed by atoms with Gasteiger partial charge in [0.25, 0.3) is 5.91 Å². The molecule has 0 unspecified atom stereocenters. The van der Waals surface area contributed by atoms with Gasteiger partial charge in [-0.1, -0.05) is 17.7 Å². The number of nitrogens with one attached hydrogen (secondary N) is 1. The largest absolute Gasteiger partial charge is 0.352 e. The molecule has 0 radical (unpaired) electrons. The Labute approximate surface area is 135 Å². The molecule has 0 atom stereocenters. The lowest BCUT2D eigenvalue weighted by atomic mass is 10.1. The summed E-state index contributed by atoms with van der Waals surface area (Å²) in [5.41, 5.74) is 4.79. The maximum absolute atomic E-state index is 12.0. The molecular weight excluding hydrogens is 288 g/mol. The maximum atomic E-state index is 12.0. The van der Waals surface area contributed by atoms with Crippen LogP contribution in [0.15, 0.2) is 42.7 Å². The number of nitrogens with zero attached hydrogens (tertiary/aromatic N) is 3. The van der Waals surface area contributed by atoms with Gasteiger partial charge in [-0.25, -0.2) is 9.50 Å². The van der Waals surface area contributed by atoms with Gasteiger partial charge in [0.1, 0.15) is 0 Å². The van der Waals surface area contributed by atoms with Crippen LogP contribution in [-0.2, 0) is 6.42 Å². The average Bonchev–Trinajstić information content (AvgIpc) is 2.91. The van der Waals surface area contributed by atoms with Crippen LogP contribution in [0.5, 0.6) is 0 Å². The van der Waals surface area contributed by atoms with E-state index >= 15 is 0 Å². The Morgan fingerprint density at radius 3 is 2.78 bits per heavy atom. The summed E-state index contributed by atoms with van der Waals surface area (Å²) in [6, 6.07) is 9.54. The van der Waals surface area contributed by atoms with Crippen LogP contribution in [0.3, 0.4) is 0 Å². The second kappa shape index (κ2) is 6.60. The van der Waals surface area contributed by atoms with E-state index in [4.69, 9.17) is 0 Å². The van der Waals surface area contributed by atoms with Gasteiger partial charge in [-0.3, -0.25) is 4.79 Å². The number of fused-ring (bicyclic) bond motifs is 1. The molecule has 1 aromatic carbocycles. The van der Waals surface area contributed by atoms with Crippen molar-refractivity contribution < 1.29 is 4.79 Å². The molecule has 2 heterocycles. The van der Waals surface area contributed by atoms with E-state index in [1.54, 1.807) is 4.52 Å². The molecule has 2 aromatic heterocycles. The zero-order valence-electron chi connectivity index (χ0n) is 13.4. The van der Waals surface area contributed by atoms with Crippen LogP contribution < -0.4 is 5.32 Å². The fourth-order valence-electron chi connectivity index (χ4n) is 2.46. The number of amides is 1. The zero-order valence-corrected chi connectivity index (χ0v) is 13.4. The summed E-state index contributed by atoms with van der Waals surface area (Å²) >= 11 is 0. The van der Waals surface area contributed by atoms with E-state index in [1.165, 1.54) is 0 Å².